The number of nitrogens with one attached hydrogen (secondary N) is 1. The molecule has 4 aromatic rings. The van der Waals surface area contributed by atoms with Gasteiger partial charge in [0.2, 0.25) is 0 Å². The molecular weight excluding hydrogens is 340 g/mol. The lowest BCUT2D eigenvalue weighted by molar-refractivity contribution is 1.01. The van der Waals surface area contributed by atoms with E-state index in [1.54, 1.807) is 6.33 Å². The predicted molar refractivity (Wildman–Crippen MR) is 111 cm³/mol. The van der Waals surface area contributed by atoms with Crippen LogP contribution in [0.5, 0.6) is 0 Å². The Bertz CT molecular complexity index is 1050. The van der Waals surface area contributed by atoms with Crippen LogP contribution in [0.25, 0.3) is 21.3 Å². The van der Waals surface area contributed by atoms with Crippen molar-refractivity contribution < 1.29 is 0 Å². The smallest absolute Gasteiger partial charge is 0.137 e. The third kappa shape index (κ3) is 3.39. The number of nitrogens with zero attached hydrogens (tertiary/aromatic N) is 2. The normalized spacial score (nSPS) is 11.0. The lowest BCUT2D eigenvalue weighted by Gasteiger charge is -2.11. The molecule has 0 atom stereocenters. The van der Waals surface area contributed by atoms with Gasteiger partial charge in [0, 0.05) is 27.4 Å². The van der Waals surface area contributed by atoms with Crippen molar-refractivity contribution in [2.75, 3.05) is 17.6 Å². The molecule has 0 radical (unpaired) electrons. The molecule has 4 rings (SSSR count). The Labute approximate surface area is 156 Å². The van der Waals surface area contributed by atoms with E-state index in [9.17, 15) is 0 Å². The van der Waals surface area contributed by atoms with Crippen molar-refractivity contribution in [2.45, 2.75) is 13.3 Å². The number of nitrogens with two attached hydrogens (primary N) is 1. The van der Waals surface area contributed by atoms with Crippen LogP contribution in [-0.2, 0) is 6.42 Å². The highest BCUT2D eigenvalue weighted by Gasteiger charge is 2.08. The summed E-state index contributed by atoms with van der Waals surface area (Å²) >= 11 is 1.83. The Kier molecular flexibility index (Phi) is 4.54. The van der Waals surface area contributed by atoms with Crippen LogP contribution in [0, 0.1) is 6.92 Å². The summed E-state index contributed by atoms with van der Waals surface area (Å²) in [5.41, 5.74) is 10.2. The number of hydrogen-bond acceptors (Lipinski definition) is 5. The van der Waals surface area contributed by atoms with Gasteiger partial charge in [-0.3, -0.25) is 0 Å². The number of rotatable bonds is 5. The van der Waals surface area contributed by atoms with Gasteiger partial charge >= 0.3 is 0 Å². The zero-order valence-electron chi connectivity index (χ0n) is 14.6. The van der Waals surface area contributed by atoms with Crippen molar-refractivity contribution in [2.24, 2.45) is 0 Å². The minimum Gasteiger partial charge on any atom is -0.399 e. The molecule has 0 saturated heterocycles. The zero-order chi connectivity index (χ0) is 17.9. The van der Waals surface area contributed by atoms with E-state index >= 15 is 0 Å². The second-order valence-electron chi connectivity index (χ2n) is 6.24. The van der Waals surface area contributed by atoms with Crippen LogP contribution in [0.1, 0.15) is 10.4 Å². The third-order valence-corrected chi connectivity index (χ3v) is 5.40. The largest absolute Gasteiger partial charge is 0.399 e. The molecule has 3 N–H and O–H groups in total. The van der Waals surface area contributed by atoms with Crippen molar-refractivity contribution in [1.29, 1.82) is 0 Å². The van der Waals surface area contributed by atoms with Crippen LogP contribution in [0.15, 0.2) is 60.9 Å². The zero-order valence-corrected chi connectivity index (χ0v) is 15.4. The first kappa shape index (κ1) is 16.5. The maximum atomic E-state index is 5.92. The van der Waals surface area contributed by atoms with Gasteiger partial charge in [-0.1, -0.05) is 24.3 Å². The van der Waals surface area contributed by atoms with E-state index in [1.807, 2.05) is 29.5 Å². The fourth-order valence-corrected chi connectivity index (χ4v) is 4.02. The van der Waals surface area contributed by atoms with E-state index < -0.39 is 0 Å². The molecule has 130 valence electrons. The van der Waals surface area contributed by atoms with Crippen LogP contribution in [0.2, 0.25) is 0 Å². The fourth-order valence-electron chi connectivity index (χ4n) is 3.09. The minimum atomic E-state index is 0.716. The first-order chi connectivity index (χ1) is 12.7. The summed E-state index contributed by atoms with van der Waals surface area (Å²) in [7, 11) is 0. The highest BCUT2D eigenvalue weighted by Crippen LogP contribution is 2.30. The number of thiophene rings is 1. The van der Waals surface area contributed by atoms with Gasteiger partial charge < -0.3 is 11.1 Å². The van der Waals surface area contributed by atoms with Gasteiger partial charge in [-0.2, -0.15) is 0 Å². The van der Waals surface area contributed by atoms with Crippen molar-refractivity contribution in [1.82, 2.24) is 9.97 Å². The molecular formula is C21H20N4S. The van der Waals surface area contributed by atoms with E-state index in [4.69, 9.17) is 5.73 Å². The van der Waals surface area contributed by atoms with Crippen LogP contribution in [0.4, 0.5) is 11.5 Å². The Hall–Kier alpha value is -2.92. The third-order valence-electron chi connectivity index (χ3n) is 4.37. The summed E-state index contributed by atoms with van der Waals surface area (Å²) in [6.45, 7) is 2.94. The highest BCUT2D eigenvalue weighted by atomic mass is 32.1. The molecule has 4 nitrogen and oxygen atoms in total. The number of aromatic nitrogens is 2. The van der Waals surface area contributed by atoms with E-state index in [0.717, 1.165) is 29.7 Å². The average molecular weight is 360 g/mol. The van der Waals surface area contributed by atoms with Crippen molar-refractivity contribution in [3.05, 3.63) is 71.4 Å². The second kappa shape index (κ2) is 7.14. The molecule has 2 heterocycles. The van der Waals surface area contributed by atoms with Crippen molar-refractivity contribution in [3.63, 3.8) is 0 Å². The van der Waals surface area contributed by atoms with E-state index in [-0.39, 0.29) is 0 Å². The SMILES string of the molecule is Cc1ccc(-c2ccccc2CCNc2ncnc3ccc(N)cc23)s1. The van der Waals surface area contributed by atoms with Gasteiger partial charge in [-0.15, -0.1) is 11.3 Å². The lowest BCUT2D eigenvalue weighted by Crippen LogP contribution is -2.08. The van der Waals surface area contributed by atoms with Gasteiger partial charge in [0.05, 0.1) is 5.52 Å². The average Bonchev–Trinajstić information content (AvgIpc) is 3.09. The topological polar surface area (TPSA) is 63.8 Å². The van der Waals surface area contributed by atoms with E-state index in [2.05, 4.69) is 58.6 Å². The molecule has 0 aliphatic rings. The van der Waals surface area contributed by atoms with Gasteiger partial charge in [0.1, 0.15) is 12.1 Å². The van der Waals surface area contributed by atoms with Crippen LogP contribution >= 0.6 is 11.3 Å². The fraction of sp³-hybridized carbons (Fsp3) is 0.143. The quantitative estimate of drug-likeness (QED) is 0.497. The summed E-state index contributed by atoms with van der Waals surface area (Å²) in [5.74, 6) is 0.826. The molecule has 2 aromatic carbocycles. The molecule has 0 aliphatic carbocycles. The first-order valence-corrected chi connectivity index (χ1v) is 9.41. The summed E-state index contributed by atoms with van der Waals surface area (Å²) in [6.07, 6.45) is 2.50. The lowest BCUT2D eigenvalue weighted by atomic mass is 10.0. The molecule has 2 aromatic heterocycles. The second-order valence-corrected chi connectivity index (χ2v) is 7.53. The Morgan fingerprint density at radius 2 is 1.92 bits per heavy atom. The first-order valence-electron chi connectivity index (χ1n) is 8.59. The van der Waals surface area contributed by atoms with Crippen LogP contribution in [-0.4, -0.2) is 16.5 Å². The molecule has 0 aliphatic heterocycles. The van der Waals surface area contributed by atoms with Crippen LogP contribution < -0.4 is 11.1 Å². The van der Waals surface area contributed by atoms with Crippen molar-refractivity contribution in [3.8, 4) is 10.4 Å². The standard InChI is InChI=1S/C21H20N4S/c1-14-6-9-20(26-14)17-5-3-2-4-15(17)10-11-23-21-18-12-16(22)7-8-19(18)24-13-25-21/h2-9,12-13H,10-11,22H2,1H3,(H,23,24,25). The van der Waals surface area contributed by atoms with Crippen LogP contribution in [0.3, 0.4) is 0 Å². The van der Waals surface area contributed by atoms with E-state index in [1.165, 1.54) is 20.9 Å². The number of nitrogen functional groups attached to an aromatic ring is 1. The van der Waals surface area contributed by atoms with Gasteiger partial charge in [-0.05, 0) is 54.8 Å². The minimum absolute atomic E-state index is 0.716. The van der Waals surface area contributed by atoms with E-state index in [0.29, 0.717) is 5.69 Å². The summed E-state index contributed by atoms with van der Waals surface area (Å²) in [4.78, 5) is 11.3. The number of anilines is 2. The molecule has 0 amide bonds. The van der Waals surface area contributed by atoms with Gasteiger partial charge in [0.25, 0.3) is 0 Å². The maximum Gasteiger partial charge on any atom is 0.137 e. The number of benzene rings is 2. The summed E-state index contributed by atoms with van der Waals surface area (Å²) in [6, 6.07) is 18.7. The predicted octanol–water partition coefficient (Wildman–Crippen LogP) is 4.90. The summed E-state index contributed by atoms with van der Waals surface area (Å²) in [5, 5.41) is 4.40. The maximum absolute atomic E-state index is 5.92. The molecule has 0 bridgehead atoms. The number of aryl methyl sites for hydroxylation is 1. The van der Waals surface area contributed by atoms with Gasteiger partial charge in [0.15, 0.2) is 0 Å². The molecule has 0 spiro atoms. The Balaban J connectivity index is 1.54. The van der Waals surface area contributed by atoms with Crippen molar-refractivity contribution >= 4 is 33.7 Å². The number of fused-ring (bicyclic) bond motifs is 1. The molecule has 0 saturated carbocycles. The van der Waals surface area contributed by atoms with Gasteiger partial charge in [-0.25, -0.2) is 9.97 Å². The number of hydrogen-bond donors (Lipinski definition) is 2. The molecule has 0 fully saturated rings. The molecule has 5 heteroatoms. The molecule has 26 heavy (non-hydrogen) atoms. The highest BCUT2D eigenvalue weighted by molar-refractivity contribution is 7.15. The molecule has 0 unspecified atom stereocenters. The summed E-state index contributed by atoms with van der Waals surface area (Å²) < 4.78 is 0. The monoisotopic (exact) mass is 360 g/mol. The Morgan fingerprint density at radius 1 is 1.04 bits per heavy atom. The Morgan fingerprint density at radius 3 is 2.77 bits per heavy atom.